The van der Waals surface area contributed by atoms with Crippen molar-refractivity contribution in [2.75, 3.05) is 26.2 Å². The molecule has 32 heavy (non-hydrogen) atoms. The van der Waals surface area contributed by atoms with Crippen molar-refractivity contribution in [2.45, 2.75) is 42.2 Å². The van der Waals surface area contributed by atoms with Crippen LogP contribution >= 0.6 is 0 Å². The van der Waals surface area contributed by atoms with Gasteiger partial charge in [-0.15, -0.1) is 0 Å². The molecule has 2 aromatic rings. The van der Waals surface area contributed by atoms with E-state index in [0.29, 0.717) is 43.1 Å². The third-order valence-electron chi connectivity index (χ3n) is 6.58. The molecule has 3 fully saturated rings. The van der Waals surface area contributed by atoms with Crippen LogP contribution in [0.25, 0.3) is 11.1 Å². The zero-order valence-corrected chi connectivity index (χ0v) is 18.3. The van der Waals surface area contributed by atoms with Crippen LogP contribution in [0.15, 0.2) is 47.4 Å². The van der Waals surface area contributed by atoms with Crippen molar-refractivity contribution in [3.63, 3.8) is 0 Å². The molecule has 6 nitrogen and oxygen atoms in total. The lowest BCUT2D eigenvalue weighted by molar-refractivity contribution is -0.180. The quantitative estimate of drug-likeness (QED) is 0.653. The second-order valence-corrected chi connectivity index (χ2v) is 10.8. The summed E-state index contributed by atoms with van der Waals surface area (Å²) in [5.41, 5.74) is 0.386. The first-order valence-corrected chi connectivity index (χ1v) is 12.2. The largest absolute Gasteiger partial charge is 0.457 e. The van der Waals surface area contributed by atoms with E-state index in [1.54, 1.807) is 0 Å². The summed E-state index contributed by atoms with van der Waals surface area (Å²) in [7, 11) is -4.04. The minimum absolute atomic E-state index is 0.160. The van der Waals surface area contributed by atoms with E-state index >= 15 is 0 Å². The van der Waals surface area contributed by atoms with Crippen LogP contribution < -0.4 is 0 Å². The SMILES string of the molecule is O=C1CN(C2CC2)CC2(CCN(S(=O)(=O)c3ccc(-c4ccc(F)cc4)cc3F)CC2)O1. The van der Waals surface area contributed by atoms with Gasteiger partial charge >= 0.3 is 5.97 Å². The van der Waals surface area contributed by atoms with Crippen molar-refractivity contribution in [1.29, 1.82) is 0 Å². The van der Waals surface area contributed by atoms with Crippen LogP contribution in [0.2, 0.25) is 0 Å². The van der Waals surface area contributed by atoms with E-state index in [9.17, 15) is 22.0 Å². The Kier molecular flexibility index (Phi) is 5.30. The zero-order chi connectivity index (χ0) is 22.5. The first-order valence-electron chi connectivity index (χ1n) is 10.8. The average Bonchev–Trinajstić information content (AvgIpc) is 3.59. The topological polar surface area (TPSA) is 66.9 Å². The third-order valence-corrected chi connectivity index (χ3v) is 8.51. The maximum Gasteiger partial charge on any atom is 0.320 e. The molecule has 0 radical (unpaired) electrons. The number of benzene rings is 2. The van der Waals surface area contributed by atoms with Crippen molar-refractivity contribution in [2.24, 2.45) is 0 Å². The van der Waals surface area contributed by atoms with Gasteiger partial charge in [0.2, 0.25) is 10.0 Å². The first kappa shape index (κ1) is 21.5. The molecule has 5 rings (SSSR count). The van der Waals surface area contributed by atoms with Gasteiger partial charge in [-0.25, -0.2) is 17.2 Å². The fourth-order valence-electron chi connectivity index (χ4n) is 4.66. The smallest absolute Gasteiger partial charge is 0.320 e. The van der Waals surface area contributed by atoms with E-state index in [-0.39, 0.29) is 24.0 Å². The van der Waals surface area contributed by atoms with Gasteiger partial charge in [-0.3, -0.25) is 9.69 Å². The summed E-state index contributed by atoms with van der Waals surface area (Å²) in [6.45, 7) is 1.23. The second kappa shape index (κ2) is 7.90. The summed E-state index contributed by atoms with van der Waals surface area (Å²) in [5, 5.41) is 0. The summed E-state index contributed by atoms with van der Waals surface area (Å²) in [4.78, 5) is 13.9. The Hall–Kier alpha value is -2.36. The van der Waals surface area contributed by atoms with Gasteiger partial charge < -0.3 is 4.74 Å². The summed E-state index contributed by atoms with van der Waals surface area (Å²) in [6.07, 6.45) is 2.93. The third kappa shape index (κ3) is 4.04. The molecule has 0 N–H and O–H groups in total. The van der Waals surface area contributed by atoms with Crippen LogP contribution in [-0.4, -0.2) is 61.4 Å². The van der Waals surface area contributed by atoms with Gasteiger partial charge in [-0.05, 0) is 48.2 Å². The standard InChI is InChI=1S/C23H24F2N2O4S/c24-18-4-1-16(2-5-18)17-3-8-21(20(25)13-17)32(29,30)27-11-9-23(10-12-27)15-26(19-6-7-19)14-22(28)31-23/h1-5,8,13,19H,6-7,9-12,14-15H2. The van der Waals surface area contributed by atoms with Gasteiger partial charge in [-0.1, -0.05) is 18.2 Å². The maximum absolute atomic E-state index is 14.9. The molecule has 0 aromatic heterocycles. The van der Waals surface area contributed by atoms with E-state index < -0.39 is 27.3 Å². The Balaban J connectivity index is 1.32. The lowest BCUT2D eigenvalue weighted by atomic mass is 9.90. The fourth-order valence-corrected chi connectivity index (χ4v) is 6.15. The number of carbonyl (C=O) groups excluding carboxylic acids is 1. The molecule has 2 aliphatic heterocycles. The van der Waals surface area contributed by atoms with Crippen LogP contribution in [0.5, 0.6) is 0 Å². The predicted octanol–water partition coefficient (Wildman–Crippen LogP) is 3.18. The summed E-state index contributed by atoms with van der Waals surface area (Å²) in [5.74, 6) is -1.52. The Morgan fingerprint density at radius 1 is 0.969 bits per heavy atom. The van der Waals surface area contributed by atoms with Gasteiger partial charge in [0.15, 0.2) is 0 Å². The summed E-state index contributed by atoms with van der Waals surface area (Å²) >= 11 is 0. The number of sulfonamides is 1. The molecule has 1 aliphatic carbocycles. The molecule has 0 atom stereocenters. The highest BCUT2D eigenvalue weighted by Crippen LogP contribution is 2.37. The molecule has 3 aliphatic rings. The van der Waals surface area contributed by atoms with Gasteiger partial charge in [0.05, 0.1) is 6.54 Å². The number of ether oxygens (including phenoxy) is 1. The van der Waals surface area contributed by atoms with E-state index in [1.165, 1.54) is 40.7 Å². The van der Waals surface area contributed by atoms with Gasteiger partial charge in [0.1, 0.15) is 22.1 Å². The molecule has 0 bridgehead atoms. The number of esters is 1. The van der Waals surface area contributed by atoms with Crippen LogP contribution in [0, 0.1) is 11.6 Å². The minimum Gasteiger partial charge on any atom is -0.457 e. The molecule has 2 aromatic carbocycles. The Morgan fingerprint density at radius 3 is 2.25 bits per heavy atom. The highest BCUT2D eigenvalue weighted by molar-refractivity contribution is 7.89. The molecule has 0 unspecified atom stereocenters. The molecular weight excluding hydrogens is 438 g/mol. The maximum atomic E-state index is 14.9. The van der Waals surface area contributed by atoms with Crippen LogP contribution in [0.1, 0.15) is 25.7 Å². The van der Waals surface area contributed by atoms with E-state index in [1.807, 2.05) is 0 Å². The highest BCUT2D eigenvalue weighted by Gasteiger charge is 2.48. The normalized spacial score (nSPS) is 22.1. The van der Waals surface area contributed by atoms with Crippen molar-refractivity contribution in [1.82, 2.24) is 9.21 Å². The van der Waals surface area contributed by atoms with Crippen LogP contribution in [-0.2, 0) is 19.6 Å². The number of hydrogen-bond acceptors (Lipinski definition) is 5. The first-order chi connectivity index (χ1) is 15.3. The predicted molar refractivity (Wildman–Crippen MR) is 113 cm³/mol. The van der Waals surface area contributed by atoms with Crippen LogP contribution in [0.4, 0.5) is 8.78 Å². The van der Waals surface area contributed by atoms with Gasteiger partial charge in [0, 0.05) is 38.5 Å². The molecule has 0 amide bonds. The van der Waals surface area contributed by atoms with Gasteiger partial charge in [0.25, 0.3) is 0 Å². The Morgan fingerprint density at radius 2 is 1.62 bits per heavy atom. The van der Waals surface area contributed by atoms with Crippen molar-refractivity contribution in [3.8, 4) is 11.1 Å². The summed E-state index contributed by atoms with van der Waals surface area (Å²) in [6, 6.07) is 9.91. The van der Waals surface area contributed by atoms with Crippen molar-refractivity contribution in [3.05, 3.63) is 54.1 Å². The molecule has 1 spiro atoms. The lowest BCUT2D eigenvalue weighted by Crippen LogP contribution is -2.59. The molecule has 2 saturated heterocycles. The number of hydrogen-bond donors (Lipinski definition) is 0. The van der Waals surface area contributed by atoms with Gasteiger partial charge in [-0.2, -0.15) is 4.31 Å². The molecule has 170 valence electrons. The molecule has 1 saturated carbocycles. The van der Waals surface area contributed by atoms with E-state index in [2.05, 4.69) is 4.90 Å². The lowest BCUT2D eigenvalue weighted by Gasteiger charge is -2.46. The molecular formula is C23H24F2N2O4S. The second-order valence-electron chi connectivity index (χ2n) is 8.85. The number of nitrogens with zero attached hydrogens (tertiary/aromatic N) is 2. The number of carbonyl (C=O) groups is 1. The monoisotopic (exact) mass is 462 g/mol. The average molecular weight is 463 g/mol. The molecule has 2 heterocycles. The van der Waals surface area contributed by atoms with E-state index in [4.69, 9.17) is 4.74 Å². The van der Waals surface area contributed by atoms with Crippen LogP contribution in [0.3, 0.4) is 0 Å². The fraction of sp³-hybridized carbons (Fsp3) is 0.435. The van der Waals surface area contributed by atoms with Crippen molar-refractivity contribution < 1.29 is 26.7 Å². The molecule has 9 heteroatoms. The Labute approximate surface area is 185 Å². The summed E-state index contributed by atoms with van der Waals surface area (Å²) < 4.78 is 61.2. The minimum atomic E-state index is -4.04. The number of piperidine rings is 1. The highest BCUT2D eigenvalue weighted by atomic mass is 32.2. The van der Waals surface area contributed by atoms with E-state index in [0.717, 1.165) is 18.9 Å². The number of rotatable bonds is 4. The zero-order valence-electron chi connectivity index (χ0n) is 17.5. The Bertz CT molecular complexity index is 1140. The number of morpholine rings is 1. The van der Waals surface area contributed by atoms with Crippen molar-refractivity contribution >= 4 is 16.0 Å². The number of halogens is 2.